The maximum atomic E-state index is 12.2. The van der Waals surface area contributed by atoms with E-state index in [4.69, 9.17) is 5.11 Å². The van der Waals surface area contributed by atoms with Gasteiger partial charge in [0.15, 0.2) is 0 Å². The number of aliphatic hydroxyl groups excluding tert-OH is 1. The highest BCUT2D eigenvalue weighted by atomic mass is 16.3. The number of hydrogen-bond acceptors (Lipinski definition) is 4. The molecule has 0 aliphatic heterocycles. The summed E-state index contributed by atoms with van der Waals surface area (Å²) in [5.74, 6) is 0.829. The molecule has 0 unspecified atom stereocenters. The summed E-state index contributed by atoms with van der Waals surface area (Å²) in [4.78, 5) is 16.5. The molecule has 6 heteroatoms. The van der Waals surface area contributed by atoms with Gasteiger partial charge in [-0.1, -0.05) is 32.0 Å². The highest BCUT2D eigenvalue weighted by molar-refractivity contribution is 5.90. The molecular formula is C17H24N4O2. The summed E-state index contributed by atoms with van der Waals surface area (Å²) >= 11 is 0. The Morgan fingerprint density at radius 3 is 2.65 bits per heavy atom. The summed E-state index contributed by atoms with van der Waals surface area (Å²) in [6, 6.07) is 7.86. The number of nitrogens with one attached hydrogen (secondary N) is 1. The van der Waals surface area contributed by atoms with Crippen LogP contribution in [0.1, 0.15) is 55.1 Å². The van der Waals surface area contributed by atoms with Crippen LogP contribution in [0.3, 0.4) is 0 Å². The summed E-state index contributed by atoms with van der Waals surface area (Å²) in [5.41, 5.74) is 2.09. The van der Waals surface area contributed by atoms with Crippen LogP contribution in [-0.4, -0.2) is 38.4 Å². The molecule has 0 radical (unpaired) electrons. The summed E-state index contributed by atoms with van der Waals surface area (Å²) in [5, 5.41) is 16.1. The number of benzene rings is 1. The zero-order valence-electron chi connectivity index (χ0n) is 14.1. The molecule has 2 N–H and O–H groups in total. The topological polar surface area (TPSA) is 80.0 Å². The summed E-state index contributed by atoms with van der Waals surface area (Å²) < 4.78 is 1.71. The molecule has 2 rings (SSSR count). The van der Waals surface area contributed by atoms with Crippen molar-refractivity contribution in [2.75, 3.05) is 6.61 Å². The van der Waals surface area contributed by atoms with Crippen molar-refractivity contribution in [1.82, 2.24) is 20.1 Å². The third-order valence-electron chi connectivity index (χ3n) is 3.70. The zero-order chi connectivity index (χ0) is 17.0. The minimum atomic E-state index is -0.324. The minimum absolute atomic E-state index is 0.0319. The van der Waals surface area contributed by atoms with E-state index in [1.165, 1.54) is 0 Å². The van der Waals surface area contributed by atoms with Crippen LogP contribution in [0, 0.1) is 6.92 Å². The monoisotopic (exact) mass is 316 g/mol. The highest BCUT2D eigenvalue weighted by Crippen LogP contribution is 2.23. The van der Waals surface area contributed by atoms with Gasteiger partial charge in [0.05, 0.1) is 5.69 Å². The van der Waals surface area contributed by atoms with Crippen molar-refractivity contribution in [3.05, 3.63) is 41.5 Å². The Balaban J connectivity index is 2.30. The van der Waals surface area contributed by atoms with Crippen molar-refractivity contribution in [1.29, 1.82) is 0 Å². The molecule has 0 saturated carbocycles. The average Bonchev–Trinajstić information content (AvgIpc) is 2.89. The lowest BCUT2D eigenvalue weighted by Gasteiger charge is -2.13. The van der Waals surface area contributed by atoms with E-state index < -0.39 is 0 Å². The van der Waals surface area contributed by atoms with Gasteiger partial charge in [-0.3, -0.25) is 4.79 Å². The van der Waals surface area contributed by atoms with Gasteiger partial charge in [0.25, 0.3) is 5.91 Å². The van der Waals surface area contributed by atoms with Crippen LogP contribution in [0.2, 0.25) is 0 Å². The van der Waals surface area contributed by atoms with Gasteiger partial charge in [-0.2, -0.15) is 0 Å². The normalized spacial score (nSPS) is 12.4. The van der Waals surface area contributed by atoms with Crippen molar-refractivity contribution in [2.24, 2.45) is 0 Å². The highest BCUT2D eigenvalue weighted by Gasteiger charge is 2.18. The second-order valence-corrected chi connectivity index (χ2v) is 5.99. The summed E-state index contributed by atoms with van der Waals surface area (Å²) in [7, 11) is 0. The van der Waals surface area contributed by atoms with E-state index in [1.54, 1.807) is 4.68 Å². The Bertz CT molecular complexity index is 679. The molecule has 0 fully saturated rings. The number of nitrogens with zero attached hydrogens (tertiary/aromatic N) is 3. The first-order valence-corrected chi connectivity index (χ1v) is 7.88. The van der Waals surface area contributed by atoms with Crippen molar-refractivity contribution in [2.45, 2.75) is 46.1 Å². The van der Waals surface area contributed by atoms with E-state index in [0.29, 0.717) is 18.2 Å². The fourth-order valence-electron chi connectivity index (χ4n) is 2.44. The predicted molar refractivity (Wildman–Crippen MR) is 88.8 cm³/mol. The van der Waals surface area contributed by atoms with Crippen LogP contribution >= 0.6 is 0 Å². The van der Waals surface area contributed by atoms with Gasteiger partial charge >= 0.3 is 0 Å². The van der Waals surface area contributed by atoms with E-state index in [1.807, 2.05) is 32.0 Å². The van der Waals surface area contributed by atoms with Crippen molar-refractivity contribution >= 4 is 5.91 Å². The molecule has 0 bridgehead atoms. The SMILES string of the molecule is Cc1nc(C(=O)N[C@H](C)CCO)nn1-c1ccccc1C(C)C. The van der Waals surface area contributed by atoms with Crippen molar-refractivity contribution < 1.29 is 9.90 Å². The van der Waals surface area contributed by atoms with Crippen LogP contribution in [0.15, 0.2) is 24.3 Å². The lowest BCUT2D eigenvalue weighted by molar-refractivity contribution is 0.0924. The number of rotatable bonds is 6. The van der Waals surface area contributed by atoms with Gasteiger partial charge in [0, 0.05) is 12.6 Å². The third kappa shape index (κ3) is 3.96. The quantitative estimate of drug-likeness (QED) is 0.856. The standard InChI is InChI=1S/C17H24N4O2/c1-11(2)14-7-5-6-8-15(14)21-13(4)19-16(20-21)17(23)18-12(3)9-10-22/h5-8,11-12,22H,9-10H2,1-4H3,(H,18,23)/t12-/m1/s1. The molecule has 0 saturated heterocycles. The lowest BCUT2D eigenvalue weighted by Crippen LogP contribution is -2.34. The first-order chi connectivity index (χ1) is 10.9. The number of aromatic nitrogens is 3. The number of amides is 1. The molecule has 1 aromatic heterocycles. The Labute approximate surface area is 136 Å². The molecular weight excluding hydrogens is 292 g/mol. The molecule has 2 aromatic rings. The smallest absolute Gasteiger partial charge is 0.291 e. The average molecular weight is 316 g/mol. The first-order valence-electron chi connectivity index (χ1n) is 7.88. The van der Waals surface area contributed by atoms with Gasteiger partial charge in [-0.05, 0) is 37.8 Å². The number of carbonyl (C=O) groups excluding carboxylic acids is 1. The number of hydrogen-bond donors (Lipinski definition) is 2. The molecule has 1 heterocycles. The van der Waals surface area contributed by atoms with Gasteiger partial charge < -0.3 is 10.4 Å². The number of aryl methyl sites for hydroxylation is 1. The number of carbonyl (C=O) groups is 1. The number of para-hydroxylation sites is 1. The molecule has 1 aromatic carbocycles. The lowest BCUT2D eigenvalue weighted by atomic mass is 10.0. The maximum absolute atomic E-state index is 12.2. The molecule has 23 heavy (non-hydrogen) atoms. The second-order valence-electron chi connectivity index (χ2n) is 5.99. The van der Waals surface area contributed by atoms with Gasteiger partial charge in [0.1, 0.15) is 5.82 Å². The fraction of sp³-hybridized carbons (Fsp3) is 0.471. The third-order valence-corrected chi connectivity index (χ3v) is 3.70. The van der Waals surface area contributed by atoms with Gasteiger partial charge in [-0.15, -0.1) is 5.10 Å². The first kappa shape index (κ1) is 17.1. The van der Waals surface area contributed by atoms with E-state index in [-0.39, 0.29) is 24.4 Å². The van der Waals surface area contributed by atoms with Crippen molar-refractivity contribution in [3.63, 3.8) is 0 Å². The minimum Gasteiger partial charge on any atom is -0.396 e. The van der Waals surface area contributed by atoms with Crippen LogP contribution in [0.25, 0.3) is 5.69 Å². The van der Waals surface area contributed by atoms with Crippen LogP contribution in [0.4, 0.5) is 0 Å². The van der Waals surface area contributed by atoms with E-state index in [2.05, 4.69) is 35.3 Å². The number of aliphatic hydroxyl groups is 1. The van der Waals surface area contributed by atoms with Crippen LogP contribution in [-0.2, 0) is 0 Å². The van der Waals surface area contributed by atoms with Crippen LogP contribution < -0.4 is 5.32 Å². The van der Waals surface area contributed by atoms with E-state index in [0.717, 1.165) is 11.3 Å². The molecule has 0 spiro atoms. The van der Waals surface area contributed by atoms with Gasteiger partial charge in [0.2, 0.25) is 5.82 Å². The van der Waals surface area contributed by atoms with E-state index >= 15 is 0 Å². The summed E-state index contributed by atoms with van der Waals surface area (Å²) in [6.45, 7) is 7.94. The second kappa shape index (κ2) is 7.37. The zero-order valence-corrected chi connectivity index (χ0v) is 14.1. The molecule has 124 valence electrons. The molecule has 1 amide bonds. The Morgan fingerprint density at radius 1 is 1.30 bits per heavy atom. The maximum Gasteiger partial charge on any atom is 0.291 e. The van der Waals surface area contributed by atoms with Gasteiger partial charge in [-0.25, -0.2) is 9.67 Å². The molecule has 0 aliphatic carbocycles. The predicted octanol–water partition coefficient (Wildman–Crippen LogP) is 2.20. The molecule has 6 nitrogen and oxygen atoms in total. The van der Waals surface area contributed by atoms with Crippen molar-refractivity contribution in [3.8, 4) is 5.69 Å². The Morgan fingerprint density at radius 2 is 2.00 bits per heavy atom. The largest absolute Gasteiger partial charge is 0.396 e. The van der Waals surface area contributed by atoms with E-state index in [9.17, 15) is 4.79 Å². The Kier molecular flexibility index (Phi) is 5.50. The molecule has 0 aliphatic rings. The Hall–Kier alpha value is -2.21. The fourth-order valence-corrected chi connectivity index (χ4v) is 2.44. The van der Waals surface area contributed by atoms with Crippen LogP contribution in [0.5, 0.6) is 0 Å². The summed E-state index contributed by atoms with van der Waals surface area (Å²) in [6.07, 6.45) is 0.502. The molecule has 1 atom stereocenters.